The SMILES string of the molecule is O=C(N[C@H](Cc1ccccc1)C(=O)Nc1ccc(C2CC2NCc2ccccc2)cc1)OCc1ccccc1. The highest BCUT2D eigenvalue weighted by Gasteiger charge is 2.37. The van der Waals surface area contributed by atoms with Gasteiger partial charge in [-0.2, -0.15) is 0 Å². The Morgan fingerprint density at radius 2 is 1.33 bits per heavy atom. The van der Waals surface area contributed by atoms with Gasteiger partial charge in [0.25, 0.3) is 0 Å². The van der Waals surface area contributed by atoms with Crippen molar-refractivity contribution < 1.29 is 14.3 Å². The Hall–Kier alpha value is -4.42. The molecule has 39 heavy (non-hydrogen) atoms. The molecular weight excluding hydrogens is 486 g/mol. The standard InChI is InChI=1S/C33H33N3O3/c37-32(31(20-24-10-4-1-5-11-24)36-33(38)39-23-26-14-8-3-9-15-26)35-28-18-16-27(17-19-28)29-21-30(29)34-22-25-12-6-2-7-13-25/h1-19,29-31,34H,20-23H2,(H,35,37)(H,36,38)/t29?,30?,31-/m1/s1. The number of hydrogen-bond donors (Lipinski definition) is 3. The molecule has 0 saturated heterocycles. The topological polar surface area (TPSA) is 79.5 Å². The molecule has 2 amide bonds. The molecule has 1 saturated carbocycles. The van der Waals surface area contributed by atoms with Gasteiger partial charge < -0.3 is 20.7 Å². The third-order valence-electron chi connectivity index (χ3n) is 6.91. The third kappa shape index (κ3) is 7.79. The minimum Gasteiger partial charge on any atom is -0.445 e. The molecule has 0 heterocycles. The van der Waals surface area contributed by atoms with E-state index in [1.807, 2.05) is 78.9 Å². The minimum absolute atomic E-state index is 0.135. The van der Waals surface area contributed by atoms with E-state index in [0.29, 0.717) is 24.1 Å². The number of nitrogens with one attached hydrogen (secondary N) is 3. The summed E-state index contributed by atoms with van der Waals surface area (Å²) in [6.45, 7) is 0.996. The van der Waals surface area contributed by atoms with Crippen LogP contribution in [0, 0.1) is 0 Å². The molecule has 2 unspecified atom stereocenters. The van der Waals surface area contributed by atoms with E-state index < -0.39 is 12.1 Å². The summed E-state index contributed by atoms with van der Waals surface area (Å²) >= 11 is 0. The fourth-order valence-corrected chi connectivity index (χ4v) is 4.64. The molecule has 1 fully saturated rings. The molecule has 1 aliphatic carbocycles. The van der Waals surface area contributed by atoms with Crippen LogP contribution in [0.1, 0.15) is 34.6 Å². The van der Waals surface area contributed by atoms with Gasteiger partial charge in [-0.15, -0.1) is 0 Å². The first-order valence-electron chi connectivity index (χ1n) is 13.3. The van der Waals surface area contributed by atoms with E-state index in [2.05, 4.69) is 52.3 Å². The van der Waals surface area contributed by atoms with Crippen molar-refractivity contribution in [3.8, 4) is 0 Å². The summed E-state index contributed by atoms with van der Waals surface area (Å²) in [7, 11) is 0. The Morgan fingerprint density at radius 3 is 1.97 bits per heavy atom. The van der Waals surface area contributed by atoms with E-state index in [1.165, 1.54) is 11.1 Å². The van der Waals surface area contributed by atoms with Gasteiger partial charge >= 0.3 is 6.09 Å². The second-order valence-corrected chi connectivity index (χ2v) is 9.87. The molecule has 6 nitrogen and oxygen atoms in total. The number of alkyl carbamates (subject to hydrolysis) is 1. The highest BCUT2D eigenvalue weighted by molar-refractivity contribution is 5.96. The third-order valence-corrected chi connectivity index (χ3v) is 6.91. The van der Waals surface area contributed by atoms with Crippen molar-refractivity contribution >= 4 is 17.7 Å². The van der Waals surface area contributed by atoms with Crippen LogP contribution in [0.15, 0.2) is 115 Å². The van der Waals surface area contributed by atoms with Crippen LogP contribution in [0.2, 0.25) is 0 Å². The smallest absolute Gasteiger partial charge is 0.408 e. The number of amides is 2. The second kappa shape index (κ2) is 12.9. The Kier molecular flexibility index (Phi) is 8.66. The fraction of sp³-hybridized carbons (Fsp3) is 0.212. The Balaban J connectivity index is 1.16. The van der Waals surface area contributed by atoms with Crippen LogP contribution in [-0.2, 0) is 29.1 Å². The average molecular weight is 520 g/mol. The summed E-state index contributed by atoms with van der Waals surface area (Å²) in [5, 5.41) is 9.33. The van der Waals surface area contributed by atoms with Crippen molar-refractivity contribution in [1.82, 2.24) is 10.6 Å². The van der Waals surface area contributed by atoms with Crippen molar-refractivity contribution in [3.63, 3.8) is 0 Å². The molecule has 0 spiro atoms. The van der Waals surface area contributed by atoms with Crippen molar-refractivity contribution in [1.29, 1.82) is 0 Å². The van der Waals surface area contributed by atoms with E-state index in [0.717, 1.165) is 24.1 Å². The van der Waals surface area contributed by atoms with Crippen LogP contribution < -0.4 is 16.0 Å². The zero-order valence-corrected chi connectivity index (χ0v) is 21.8. The number of anilines is 1. The fourth-order valence-electron chi connectivity index (χ4n) is 4.64. The maximum atomic E-state index is 13.2. The monoisotopic (exact) mass is 519 g/mol. The quantitative estimate of drug-likeness (QED) is 0.234. The summed E-state index contributed by atoms with van der Waals surface area (Å²) < 4.78 is 5.37. The Bertz CT molecular complexity index is 1350. The number of carbonyl (C=O) groups excluding carboxylic acids is 2. The molecule has 3 N–H and O–H groups in total. The van der Waals surface area contributed by atoms with Gasteiger partial charge in [0.05, 0.1) is 0 Å². The summed E-state index contributed by atoms with van der Waals surface area (Å²) in [5.41, 5.74) is 5.05. The van der Waals surface area contributed by atoms with Crippen LogP contribution in [0.5, 0.6) is 0 Å². The molecule has 0 radical (unpaired) electrons. The molecule has 5 rings (SSSR count). The first-order chi connectivity index (χ1) is 19.1. The van der Waals surface area contributed by atoms with E-state index in [1.54, 1.807) is 0 Å². The molecule has 4 aromatic rings. The van der Waals surface area contributed by atoms with Crippen LogP contribution >= 0.6 is 0 Å². The van der Waals surface area contributed by atoms with E-state index in [9.17, 15) is 9.59 Å². The molecule has 4 aromatic carbocycles. The maximum Gasteiger partial charge on any atom is 0.408 e. The number of ether oxygens (including phenoxy) is 1. The molecule has 1 aliphatic rings. The summed E-state index contributed by atoms with van der Waals surface area (Å²) in [4.78, 5) is 25.8. The van der Waals surface area contributed by atoms with Gasteiger partial charge in [0, 0.05) is 30.6 Å². The average Bonchev–Trinajstić information content (AvgIpc) is 3.76. The van der Waals surface area contributed by atoms with Gasteiger partial charge in [-0.25, -0.2) is 4.79 Å². The molecule has 3 atom stereocenters. The van der Waals surface area contributed by atoms with E-state index in [4.69, 9.17) is 4.74 Å². The van der Waals surface area contributed by atoms with Crippen molar-refractivity contribution in [2.45, 2.75) is 44.0 Å². The molecule has 198 valence electrons. The van der Waals surface area contributed by atoms with Gasteiger partial charge in [0.1, 0.15) is 12.6 Å². The van der Waals surface area contributed by atoms with Crippen LogP contribution in [0.4, 0.5) is 10.5 Å². The number of benzene rings is 4. The predicted octanol–water partition coefficient (Wildman–Crippen LogP) is 5.81. The molecule has 6 heteroatoms. The lowest BCUT2D eigenvalue weighted by Crippen LogP contribution is -2.45. The van der Waals surface area contributed by atoms with E-state index >= 15 is 0 Å². The summed E-state index contributed by atoms with van der Waals surface area (Å²) in [5.74, 6) is 0.183. The maximum absolute atomic E-state index is 13.2. The highest BCUT2D eigenvalue weighted by atomic mass is 16.5. The summed E-state index contributed by atoms with van der Waals surface area (Å²) in [6.07, 6.45) is 0.822. The minimum atomic E-state index is -0.787. The number of carbonyl (C=O) groups is 2. The summed E-state index contributed by atoms with van der Waals surface area (Å²) in [6, 6.07) is 37.1. The van der Waals surface area contributed by atoms with E-state index in [-0.39, 0.29) is 12.5 Å². The van der Waals surface area contributed by atoms with Crippen molar-refractivity contribution in [3.05, 3.63) is 138 Å². The van der Waals surface area contributed by atoms with Gasteiger partial charge in [-0.1, -0.05) is 103 Å². The normalized spacial score (nSPS) is 16.6. The van der Waals surface area contributed by atoms with Crippen molar-refractivity contribution in [2.24, 2.45) is 0 Å². The first-order valence-corrected chi connectivity index (χ1v) is 13.3. The lowest BCUT2D eigenvalue weighted by atomic mass is 10.0. The highest BCUT2D eigenvalue weighted by Crippen LogP contribution is 2.41. The molecular formula is C33H33N3O3. The Labute approximate surface area is 229 Å². The zero-order chi connectivity index (χ0) is 26.9. The van der Waals surface area contributed by atoms with Gasteiger partial charge in [0.2, 0.25) is 5.91 Å². The Morgan fingerprint density at radius 1 is 0.744 bits per heavy atom. The lowest BCUT2D eigenvalue weighted by Gasteiger charge is -2.19. The van der Waals surface area contributed by atoms with Crippen LogP contribution in [0.25, 0.3) is 0 Å². The second-order valence-electron chi connectivity index (χ2n) is 9.87. The number of hydrogen-bond acceptors (Lipinski definition) is 4. The molecule has 0 aliphatic heterocycles. The number of rotatable bonds is 11. The predicted molar refractivity (Wildman–Crippen MR) is 153 cm³/mol. The van der Waals surface area contributed by atoms with Gasteiger partial charge in [-0.05, 0) is 40.8 Å². The zero-order valence-electron chi connectivity index (χ0n) is 21.8. The molecule has 0 bridgehead atoms. The lowest BCUT2D eigenvalue weighted by molar-refractivity contribution is -0.118. The molecule has 0 aromatic heterocycles. The van der Waals surface area contributed by atoms with Gasteiger partial charge in [-0.3, -0.25) is 4.79 Å². The largest absolute Gasteiger partial charge is 0.445 e. The van der Waals surface area contributed by atoms with Crippen LogP contribution in [0.3, 0.4) is 0 Å². The van der Waals surface area contributed by atoms with Gasteiger partial charge in [0.15, 0.2) is 0 Å². The first kappa shape index (κ1) is 26.2. The van der Waals surface area contributed by atoms with Crippen LogP contribution in [-0.4, -0.2) is 24.1 Å². The van der Waals surface area contributed by atoms with Crippen molar-refractivity contribution in [2.75, 3.05) is 5.32 Å².